The van der Waals surface area contributed by atoms with Gasteiger partial charge in [0.1, 0.15) is 5.75 Å². The van der Waals surface area contributed by atoms with Crippen LogP contribution in [0.3, 0.4) is 0 Å². The number of nitrogens with zero attached hydrogens (tertiary/aromatic N) is 1. The Kier molecular flexibility index (Phi) is 7.20. The fraction of sp³-hybridized carbons (Fsp3) is 0.350. The van der Waals surface area contributed by atoms with Crippen LogP contribution >= 0.6 is 34.8 Å². The van der Waals surface area contributed by atoms with Gasteiger partial charge < -0.3 is 10.5 Å². The van der Waals surface area contributed by atoms with Crippen molar-refractivity contribution in [1.29, 1.82) is 0 Å². The maximum atomic E-state index is 13.2. The van der Waals surface area contributed by atoms with E-state index < -0.39 is 21.3 Å². The highest BCUT2D eigenvalue weighted by atomic mass is 35.5. The zero-order chi connectivity index (χ0) is 21.9. The fourth-order valence-electron chi connectivity index (χ4n) is 3.64. The molecule has 1 aliphatic heterocycles. The van der Waals surface area contributed by atoms with Crippen molar-refractivity contribution in [2.24, 2.45) is 11.1 Å². The number of hydrogen-bond acceptors (Lipinski definition) is 4. The first-order valence-electron chi connectivity index (χ1n) is 9.23. The molecule has 0 saturated carbocycles. The smallest absolute Gasteiger partial charge is 0.243 e. The van der Waals surface area contributed by atoms with Crippen LogP contribution in [0, 0.1) is 5.41 Å². The van der Waals surface area contributed by atoms with E-state index in [1.807, 2.05) is 0 Å². The Labute approximate surface area is 190 Å². The van der Waals surface area contributed by atoms with E-state index in [0.29, 0.717) is 30.2 Å². The molecule has 0 aliphatic carbocycles. The number of halogens is 3. The van der Waals surface area contributed by atoms with E-state index >= 15 is 0 Å². The highest BCUT2D eigenvalue weighted by Crippen LogP contribution is 2.37. The zero-order valence-electron chi connectivity index (χ0n) is 16.0. The molecule has 0 bridgehead atoms. The molecule has 1 atom stereocenters. The lowest BCUT2D eigenvalue weighted by atomic mass is 9.78. The van der Waals surface area contributed by atoms with Gasteiger partial charge in [-0.1, -0.05) is 34.8 Å². The van der Waals surface area contributed by atoms with Crippen LogP contribution < -0.4 is 10.5 Å². The molecule has 2 N–H and O–H groups in total. The SMILES string of the molecule is NC(=O)C[C@]1(COc2ccc(Cl)cc2)CCCN(S(=O)(=O)c2cc(Cl)cc(Cl)c2)C1. The van der Waals surface area contributed by atoms with Crippen molar-refractivity contribution < 1.29 is 17.9 Å². The first kappa shape index (κ1) is 23.2. The number of rotatable bonds is 7. The predicted molar refractivity (Wildman–Crippen MR) is 118 cm³/mol. The van der Waals surface area contributed by atoms with Crippen LogP contribution in [0.1, 0.15) is 19.3 Å². The summed E-state index contributed by atoms with van der Waals surface area (Å²) >= 11 is 17.9. The first-order chi connectivity index (χ1) is 14.1. The second-order valence-corrected chi connectivity index (χ2v) is 10.7. The monoisotopic (exact) mass is 490 g/mol. The largest absolute Gasteiger partial charge is 0.493 e. The van der Waals surface area contributed by atoms with Crippen molar-refractivity contribution >= 4 is 50.7 Å². The minimum absolute atomic E-state index is 0.00289. The molecule has 6 nitrogen and oxygen atoms in total. The predicted octanol–water partition coefficient (Wildman–Crippen LogP) is 4.37. The van der Waals surface area contributed by atoms with Crippen LogP contribution in [0.25, 0.3) is 0 Å². The van der Waals surface area contributed by atoms with Crippen molar-refractivity contribution in [3.8, 4) is 5.75 Å². The Morgan fingerprint density at radius 3 is 2.30 bits per heavy atom. The third-order valence-electron chi connectivity index (χ3n) is 5.01. The molecule has 1 aliphatic rings. The fourth-order valence-corrected chi connectivity index (χ4v) is 6.09. The van der Waals surface area contributed by atoms with Gasteiger partial charge in [0, 0.05) is 40.0 Å². The summed E-state index contributed by atoms with van der Waals surface area (Å²) in [6.45, 7) is 0.545. The van der Waals surface area contributed by atoms with Crippen molar-refractivity contribution in [2.75, 3.05) is 19.7 Å². The van der Waals surface area contributed by atoms with Crippen molar-refractivity contribution in [3.63, 3.8) is 0 Å². The topological polar surface area (TPSA) is 89.7 Å². The molecule has 162 valence electrons. The Morgan fingerprint density at radius 2 is 1.70 bits per heavy atom. The van der Waals surface area contributed by atoms with Crippen LogP contribution in [-0.4, -0.2) is 38.3 Å². The van der Waals surface area contributed by atoms with Crippen LogP contribution in [0.4, 0.5) is 0 Å². The van der Waals surface area contributed by atoms with Gasteiger partial charge in [0.15, 0.2) is 0 Å². The molecule has 2 aromatic carbocycles. The van der Waals surface area contributed by atoms with Crippen molar-refractivity contribution in [3.05, 3.63) is 57.5 Å². The van der Waals surface area contributed by atoms with E-state index in [-0.39, 0.29) is 34.5 Å². The van der Waals surface area contributed by atoms with Crippen LogP contribution in [0.2, 0.25) is 15.1 Å². The summed E-state index contributed by atoms with van der Waals surface area (Å²) < 4.78 is 33.6. The number of benzene rings is 2. The number of amides is 1. The Balaban J connectivity index is 1.85. The molecule has 2 aromatic rings. The molecule has 3 rings (SSSR count). The molecule has 30 heavy (non-hydrogen) atoms. The molecule has 0 spiro atoms. The summed E-state index contributed by atoms with van der Waals surface area (Å²) in [5, 5.41) is 1.03. The summed E-state index contributed by atoms with van der Waals surface area (Å²) in [6.07, 6.45) is 1.17. The van der Waals surface area contributed by atoms with Gasteiger partial charge in [-0.05, 0) is 55.3 Å². The lowest BCUT2D eigenvalue weighted by Crippen LogP contribution is -2.50. The van der Waals surface area contributed by atoms with Gasteiger partial charge in [-0.2, -0.15) is 4.31 Å². The molecule has 0 radical (unpaired) electrons. The lowest BCUT2D eigenvalue weighted by molar-refractivity contribution is -0.121. The number of carbonyl (C=O) groups excluding carboxylic acids is 1. The summed E-state index contributed by atoms with van der Waals surface area (Å²) in [5.41, 5.74) is 4.74. The minimum atomic E-state index is -3.86. The highest BCUT2D eigenvalue weighted by Gasteiger charge is 2.42. The highest BCUT2D eigenvalue weighted by molar-refractivity contribution is 7.89. The Bertz CT molecular complexity index is 1010. The Morgan fingerprint density at radius 1 is 1.07 bits per heavy atom. The maximum Gasteiger partial charge on any atom is 0.243 e. The van der Waals surface area contributed by atoms with Crippen molar-refractivity contribution in [1.82, 2.24) is 4.31 Å². The molecule has 0 unspecified atom stereocenters. The standard InChI is InChI=1S/C20H21Cl3N2O4S/c21-14-2-4-17(5-3-14)29-13-20(11-19(24)26)6-1-7-25(12-20)30(27,28)18-9-15(22)8-16(23)10-18/h2-5,8-10H,1,6-7,11-13H2,(H2,24,26)/t20-/m1/s1. The number of nitrogens with two attached hydrogens (primary N) is 1. The first-order valence-corrected chi connectivity index (χ1v) is 11.8. The number of ether oxygens (including phenoxy) is 1. The molecule has 1 fully saturated rings. The summed E-state index contributed by atoms with van der Waals surface area (Å²) in [5.74, 6) is 0.0598. The van der Waals surface area contributed by atoms with Gasteiger partial charge in [0.05, 0.1) is 11.5 Å². The summed E-state index contributed by atoms with van der Waals surface area (Å²) in [7, 11) is -3.86. The summed E-state index contributed by atoms with van der Waals surface area (Å²) in [6, 6.07) is 11.0. The molecule has 1 saturated heterocycles. The minimum Gasteiger partial charge on any atom is -0.493 e. The number of carbonyl (C=O) groups is 1. The molecular weight excluding hydrogens is 471 g/mol. The van der Waals surface area contributed by atoms with E-state index in [9.17, 15) is 13.2 Å². The van der Waals surface area contributed by atoms with E-state index in [2.05, 4.69) is 0 Å². The van der Waals surface area contributed by atoms with E-state index in [1.165, 1.54) is 22.5 Å². The number of hydrogen-bond donors (Lipinski definition) is 1. The molecular formula is C20H21Cl3N2O4S. The van der Waals surface area contributed by atoms with Crippen LogP contribution in [0.15, 0.2) is 47.4 Å². The normalized spacial score (nSPS) is 20.1. The van der Waals surface area contributed by atoms with E-state index in [0.717, 1.165) is 0 Å². The average Bonchev–Trinajstić information content (AvgIpc) is 2.66. The number of piperidine rings is 1. The van der Waals surface area contributed by atoms with Crippen LogP contribution in [-0.2, 0) is 14.8 Å². The van der Waals surface area contributed by atoms with Gasteiger partial charge in [-0.15, -0.1) is 0 Å². The van der Waals surface area contributed by atoms with Crippen molar-refractivity contribution in [2.45, 2.75) is 24.2 Å². The second-order valence-electron chi connectivity index (χ2n) is 7.43. The van der Waals surface area contributed by atoms with Gasteiger partial charge >= 0.3 is 0 Å². The molecule has 0 aromatic heterocycles. The van der Waals surface area contributed by atoms with E-state index in [1.54, 1.807) is 24.3 Å². The molecule has 10 heteroatoms. The summed E-state index contributed by atoms with van der Waals surface area (Å²) in [4.78, 5) is 11.8. The number of primary amides is 1. The Hall–Kier alpha value is -1.51. The van der Waals surface area contributed by atoms with Crippen LogP contribution in [0.5, 0.6) is 5.75 Å². The van der Waals surface area contributed by atoms with Gasteiger partial charge in [-0.25, -0.2) is 8.42 Å². The van der Waals surface area contributed by atoms with Gasteiger partial charge in [0.2, 0.25) is 15.9 Å². The number of sulfonamides is 1. The second kappa shape index (κ2) is 9.32. The van der Waals surface area contributed by atoms with Gasteiger partial charge in [0.25, 0.3) is 0 Å². The third kappa shape index (κ3) is 5.59. The third-order valence-corrected chi connectivity index (χ3v) is 7.52. The van der Waals surface area contributed by atoms with E-state index in [4.69, 9.17) is 45.3 Å². The quantitative estimate of drug-likeness (QED) is 0.623. The lowest BCUT2D eigenvalue weighted by Gasteiger charge is -2.41. The average molecular weight is 492 g/mol. The molecule has 1 amide bonds. The maximum absolute atomic E-state index is 13.2. The molecule has 1 heterocycles. The zero-order valence-corrected chi connectivity index (χ0v) is 19.1. The van der Waals surface area contributed by atoms with Gasteiger partial charge in [-0.3, -0.25) is 4.79 Å².